The zero-order chi connectivity index (χ0) is 32.9. The summed E-state index contributed by atoms with van der Waals surface area (Å²) in [6.07, 6.45) is 9.00. The Bertz CT molecular complexity index is 1690. The Balaban J connectivity index is 1.31. The zero-order valence-electron chi connectivity index (χ0n) is 26.7. The van der Waals surface area contributed by atoms with Crippen molar-refractivity contribution in [3.63, 3.8) is 0 Å². The number of carbonyl (C=O) groups excluding carboxylic acids is 4. The first kappa shape index (κ1) is 31.9. The van der Waals surface area contributed by atoms with Crippen LogP contribution in [0, 0.1) is 18.3 Å². The minimum atomic E-state index is -0.764. The molecule has 11 nitrogen and oxygen atoms in total. The lowest BCUT2D eigenvalue weighted by molar-refractivity contribution is -0.140. The van der Waals surface area contributed by atoms with Gasteiger partial charge in [-0.2, -0.15) is 5.26 Å². The Morgan fingerprint density at radius 2 is 1.57 bits per heavy atom. The fourth-order valence-corrected chi connectivity index (χ4v) is 6.73. The summed E-state index contributed by atoms with van der Waals surface area (Å²) >= 11 is 0. The van der Waals surface area contributed by atoms with E-state index in [1.165, 1.54) is 0 Å². The maximum atomic E-state index is 14.0. The van der Waals surface area contributed by atoms with Gasteiger partial charge in [-0.3, -0.25) is 19.2 Å². The average molecular weight is 637 g/mol. The summed E-state index contributed by atoms with van der Waals surface area (Å²) in [6.45, 7) is 5.23. The summed E-state index contributed by atoms with van der Waals surface area (Å²) in [6, 6.07) is 11.4. The van der Waals surface area contributed by atoms with Gasteiger partial charge in [0.1, 0.15) is 23.5 Å². The largest absolute Gasteiger partial charge is 0.472 e. The molecular formula is C36H40N6O5. The standard InChI is InChI=1S/C36H40N6O5/c1-24-20-27-23-47-19-13-28(27)32(24)39-34(38-30-8-2-3-18-42(36(30)46)22-31(43)40-14-4-5-15-40)29(21-37)33(44)25-9-11-26(12-10-25)35(45)41-16-6-7-17-41/h9-13,19-20,23,30,38-39H,2-8,14-18,22H2,1H3/t30-/m0/s1. The van der Waals surface area contributed by atoms with Gasteiger partial charge in [-0.25, -0.2) is 0 Å². The topological polar surface area (TPSA) is 139 Å². The fourth-order valence-electron chi connectivity index (χ4n) is 6.73. The highest BCUT2D eigenvalue weighted by molar-refractivity contribution is 6.12. The fraction of sp³-hybridized carbons (Fsp3) is 0.417. The van der Waals surface area contributed by atoms with Crippen molar-refractivity contribution in [3.8, 4) is 17.2 Å². The number of carbonyl (C=O) groups is 4. The van der Waals surface area contributed by atoms with Gasteiger partial charge >= 0.3 is 0 Å². The van der Waals surface area contributed by atoms with Gasteiger partial charge in [0, 0.05) is 55.0 Å². The average Bonchev–Trinajstić information content (AvgIpc) is 3.86. The summed E-state index contributed by atoms with van der Waals surface area (Å²) in [5.41, 5.74) is 3.73. The van der Waals surface area contributed by atoms with Gasteiger partial charge in [0.15, 0.2) is 0 Å². The van der Waals surface area contributed by atoms with E-state index in [0.717, 1.165) is 68.3 Å². The number of Topliss-reactive ketones (excluding diaryl/α,β-unsaturated/α-hetero) is 1. The third-order valence-electron chi connectivity index (χ3n) is 9.37. The molecule has 47 heavy (non-hydrogen) atoms. The van der Waals surface area contributed by atoms with E-state index in [4.69, 9.17) is 4.42 Å². The van der Waals surface area contributed by atoms with Crippen LogP contribution >= 0.6 is 0 Å². The van der Waals surface area contributed by atoms with Crippen LogP contribution < -0.4 is 10.6 Å². The van der Waals surface area contributed by atoms with E-state index in [1.807, 2.05) is 13.0 Å². The molecule has 3 saturated heterocycles. The normalized spacial score (nSPS) is 18.9. The molecule has 0 saturated carbocycles. The van der Waals surface area contributed by atoms with Crippen molar-refractivity contribution in [1.82, 2.24) is 20.0 Å². The Hall–Kier alpha value is -5.11. The molecule has 3 amide bonds. The quantitative estimate of drug-likeness (QED) is 0.198. The smallest absolute Gasteiger partial charge is 0.253 e. The van der Waals surface area contributed by atoms with E-state index >= 15 is 0 Å². The molecule has 5 aliphatic rings. The zero-order valence-corrected chi connectivity index (χ0v) is 26.7. The number of rotatable bonds is 9. The number of ketones is 1. The van der Waals surface area contributed by atoms with E-state index in [9.17, 15) is 24.4 Å². The van der Waals surface area contributed by atoms with Crippen LogP contribution in [0.2, 0.25) is 0 Å². The second-order valence-electron chi connectivity index (χ2n) is 12.6. The summed E-state index contributed by atoms with van der Waals surface area (Å²) in [4.78, 5) is 58.9. The summed E-state index contributed by atoms with van der Waals surface area (Å²) in [7, 11) is 0. The summed E-state index contributed by atoms with van der Waals surface area (Å²) in [5.74, 6) is -0.821. The van der Waals surface area contributed by atoms with E-state index in [-0.39, 0.29) is 41.2 Å². The number of nitriles is 1. The second-order valence-corrected chi connectivity index (χ2v) is 12.6. The van der Waals surface area contributed by atoms with Gasteiger partial charge in [0.2, 0.25) is 17.6 Å². The van der Waals surface area contributed by atoms with E-state index in [2.05, 4.69) is 16.7 Å². The van der Waals surface area contributed by atoms with Gasteiger partial charge in [-0.1, -0.05) is 12.1 Å². The molecule has 0 aromatic heterocycles. The molecule has 1 aliphatic carbocycles. The van der Waals surface area contributed by atoms with Crippen molar-refractivity contribution in [3.05, 3.63) is 77.0 Å². The van der Waals surface area contributed by atoms with Crippen LogP contribution in [0.5, 0.6) is 0 Å². The Morgan fingerprint density at radius 1 is 0.915 bits per heavy atom. The molecule has 2 N–H and O–H groups in total. The number of hydrogen-bond acceptors (Lipinski definition) is 8. The number of benzene rings is 1. The van der Waals surface area contributed by atoms with Crippen LogP contribution in [-0.4, -0.2) is 83.5 Å². The number of aryl methyl sites for hydroxylation is 1. The number of allylic oxidation sites excluding steroid dienone is 1. The third-order valence-corrected chi connectivity index (χ3v) is 9.37. The van der Waals surface area contributed by atoms with Gasteiger partial charge in [0.05, 0.1) is 24.8 Å². The van der Waals surface area contributed by atoms with E-state index in [0.29, 0.717) is 37.3 Å². The first-order valence-corrected chi connectivity index (χ1v) is 16.5. The van der Waals surface area contributed by atoms with Gasteiger partial charge < -0.3 is 29.8 Å². The molecule has 6 rings (SSSR count). The molecule has 244 valence electrons. The molecule has 1 aromatic carbocycles. The van der Waals surface area contributed by atoms with Crippen LogP contribution in [-0.2, 0) is 9.59 Å². The van der Waals surface area contributed by atoms with E-state index in [1.54, 1.807) is 57.6 Å². The number of nitrogens with zero attached hydrogens (tertiary/aromatic N) is 4. The Morgan fingerprint density at radius 3 is 2.28 bits per heavy atom. The lowest BCUT2D eigenvalue weighted by Crippen LogP contribution is -2.49. The van der Waals surface area contributed by atoms with Gasteiger partial charge in [0.25, 0.3) is 5.91 Å². The molecule has 1 atom stereocenters. The van der Waals surface area contributed by atoms with Gasteiger partial charge in [-0.15, -0.1) is 0 Å². The predicted octanol–water partition coefficient (Wildman–Crippen LogP) is 4.55. The van der Waals surface area contributed by atoms with Crippen molar-refractivity contribution in [2.24, 2.45) is 0 Å². The van der Waals surface area contributed by atoms with Crippen molar-refractivity contribution in [1.29, 1.82) is 5.26 Å². The number of likely N-dealkylation sites (tertiary alicyclic amines) is 3. The molecule has 3 fully saturated rings. The summed E-state index contributed by atoms with van der Waals surface area (Å²) in [5, 5.41) is 17.0. The third kappa shape index (κ3) is 6.87. The number of nitrogens with one attached hydrogen (secondary N) is 2. The second kappa shape index (κ2) is 14.1. The minimum absolute atomic E-state index is 0.00607. The summed E-state index contributed by atoms with van der Waals surface area (Å²) < 4.78 is 5.35. The van der Waals surface area contributed by atoms with Crippen LogP contribution in [0.25, 0.3) is 11.1 Å². The maximum Gasteiger partial charge on any atom is 0.253 e. The van der Waals surface area contributed by atoms with Crippen molar-refractivity contribution in [2.75, 3.05) is 44.6 Å². The first-order chi connectivity index (χ1) is 22.8. The molecule has 0 radical (unpaired) electrons. The van der Waals surface area contributed by atoms with Crippen LogP contribution in [0.1, 0.15) is 71.2 Å². The molecule has 1 aromatic rings. The Labute approximate surface area is 274 Å². The molecule has 11 heteroatoms. The molecule has 0 spiro atoms. The number of amides is 3. The Kier molecular flexibility index (Phi) is 9.57. The predicted molar refractivity (Wildman–Crippen MR) is 175 cm³/mol. The van der Waals surface area contributed by atoms with Crippen LogP contribution in [0.4, 0.5) is 5.69 Å². The first-order valence-electron chi connectivity index (χ1n) is 16.5. The number of hydrogen-bond donors (Lipinski definition) is 2. The highest BCUT2D eigenvalue weighted by atomic mass is 16.3. The molecular weight excluding hydrogens is 596 g/mol. The highest BCUT2D eigenvalue weighted by Gasteiger charge is 2.32. The number of anilines is 1. The SMILES string of the molecule is Cc1cc2coccc-2c1NC(N[C@H]1CCCCN(CC(=O)N2CCCC2)C1=O)=C(C#N)C(=O)c1ccc(C(=O)N2CCCC2)cc1. The van der Waals surface area contributed by atoms with Crippen LogP contribution in [0.3, 0.4) is 0 Å². The lowest BCUT2D eigenvalue weighted by Gasteiger charge is -2.28. The molecule has 0 unspecified atom stereocenters. The maximum absolute atomic E-state index is 14.0. The van der Waals surface area contributed by atoms with E-state index < -0.39 is 11.8 Å². The van der Waals surface area contributed by atoms with Crippen molar-refractivity contribution in [2.45, 2.75) is 57.9 Å². The van der Waals surface area contributed by atoms with Crippen molar-refractivity contribution >= 4 is 29.2 Å². The molecule has 4 heterocycles. The highest BCUT2D eigenvalue weighted by Crippen LogP contribution is 2.37. The van der Waals surface area contributed by atoms with Crippen LogP contribution in [0.15, 0.2) is 64.7 Å². The number of fused-ring (bicyclic) bond motifs is 1. The lowest BCUT2D eigenvalue weighted by atomic mass is 10.0. The molecule has 4 aliphatic heterocycles. The monoisotopic (exact) mass is 636 g/mol. The van der Waals surface area contributed by atoms with Crippen molar-refractivity contribution < 1.29 is 23.6 Å². The minimum Gasteiger partial charge on any atom is -0.472 e. The van der Waals surface area contributed by atoms with Gasteiger partial charge in [-0.05, 0) is 81.7 Å². The molecule has 0 bridgehead atoms.